The third-order valence-electron chi connectivity index (χ3n) is 6.43. The molecule has 0 aromatic carbocycles. The van der Waals surface area contributed by atoms with Gasteiger partial charge in [-0.3, -0.25) is 0 Å². The van der Waals surface area contributed by atoms with Gasteiger partial charge in [-0.2, -0.15) is 0 Å². The van der Waals surface area contributed by atoms with Gasteiger partial charge in [0.25, 0.3) is 0 Å². The van der Waals surface area contributed by atoms with E-state index in [2.05, 4.69) is 80.3 Å². The summed E-state index contributed by atoms with van der Waals surface area (Å²) in [7, 11) is 0. The van der Waals surface area contributed by atoms with E-state index in [-0.39, 0.29) is 26.8 Å². The van der Waals surface area contributed by atoms with Crippen molar-refractivity contribution in [3.05, 3.63) is 0 Å². The van der Waals surface area contributed by atoms with Crippen LogP contribution in [0.15, 0.2) is 0 Å². The molecule has 0 amide bonds. The second-order valence-electron chi connectivity index (χ2n) is 10.5. The Balaban J connectivity index is 2.60. The van der Waals surface area contributed by atoms with Crippen molar-refractivity contribution in [2.45, 2.75) is 116 Å². The zero-order valence-electron chi connectivity index (χ0n) is 17.1. The van der Waals surface area contributed by atoms with Gasteiger partial charge in [-0.25, -0.2) is 0 Å². The molecule has 0 aliphatic carbocycles. The first-order valence-corrected chi connectivity index (χ1v) is 22.5. The molecule has 2 heterocycles. The van der Waals surface area contributed by atoms with Crippen molar-refractivity contribution < 1.29 is 4.39 Å². The van der Waals surface area contributed by atoms with E-state index in [0.717, 1.165) is 0 Å². The fraction of sp³-hybridized carbons (Fsp3) is 1.00. The first-order chi connectivity index (χ1) is 10.7. The maximum atomic E-state index is 15.0. The minimum absolute atomic E-state index is 0.0920. The summed E-state index contributed by atoms with van der Waals surface area (Å²) in [6.07, 6.45) is 7.27. The fourth-order valence-corrected chi connectivity index (χ4v) is 36.7. The van der Waals surface area contributed by atoms with E-state index in [9.17, 15) is 4.39 Å². The van der Waals surface area contributed by atoms with Crippen LogP contribution in [0, 0.1) is 0 Å². The quantitative estimate of drug-likeness (QED) is 0.312. The average Bonchev–Trinajstić information content (AvgIpc) is 2.33. The van der Waals surface area contributed by atoms with Gasteiger partial charge in [0, 0.05) is 0 Å². The van der Waals surface area contributed by atoms with Gasteiger partial charge in [0.15, 0.2) is 0 Å². The van der Waals surface area contributed by atoms with Crippen LogP contribution >= 0.6 is 18.6 Å². The van der Waals surface area contributed by atoms with Gasteiger partial charge in [0.1, 0.15) is 0 Å². The normalized spacial score (nSPS) is 30.2. The summed E-state index contributed by atoms with van der Waals surface area (Å²) in [6.45, 7) is 18.9. The van der Waals surface area contributed by atoms with Crippen LogP contribution in [-0.4, -0.2) is 48.0 Å². The second kappa shape index (κ2) is 6.77. The van der Waals surface area contributed by atoms with Crippen LogP contribution in [0.4, 0.5) is 4.39 Å². The molecule has 0 unspecified atom stereocenters. The van der Waals surface area contributed by atoms with Gasteiger partial charge < -0.3 is 0 Å². The van der Waals surface area contributed by atoms with Crippen LogP contribution < -0.4 is 0 Å². The van der Waals surface area contributed by atoms with E-state index < -0.39 is 15.0 Å². The summed E-state index contributed by atoms with van der Waals surface area (Å²) in [5, 5.41) is 0. The number of hydrogen-bond acceptors (Lipinski definition) is 2. The number of hydrogen-bond donors (Lipinski definition) is 0. The van der Waals surface area contributed by atoms with Crippen LogP contribution in [-0.2, 0) is 0 Å². The van der Waals surface area contributed by atoms with Crippen molar-refractivity contribution in [2.24, 2.45) is 0 Å². The predicted octanol–water partition coefficient (Wildman–Crippen LogP) is 5.96. The molecule has 2 saturated heterocycles. The summed E-state index contributed by atoms with van der Waals surface area (Å²) < 4.78 is 20.3. The molecule has 2 aliphatic heterocycles. The van der Waals surface area contributed by atoms with Crippen molar-refractivity contribution in [2.75, 3.05) is 4.69 Å². The van der Waals surface area contributed by atoms with E-state index in [0.29, 0.717) is 0 Å². The first kappa shape index (κ1) is 21.7. The van der Waals surface area contributed by atoms with Gasteiger partial charge >= 0.3 is 165 Å². The van der Waals surface area contributed by atoms with E-state index >= 15 is 0 Å². The molecule has 0 N–H and O–H groups in total. The van der Waals surface area contributed by atoms with E-state index in [1.807, 2.05) is 0 Å². The molecule has 0 bridgehead atoms. The van der Waals surface area contributed by atoms with Crippen molar-refractivity contribution in [1.29, 1.82) is 0 Å². The molecule has 2 rings (SSSR count). The molecular formula is C19H38FIN2Sn. The van der Waals surface area contributed by atoms with Crippen LogP contribution in [0.3, 0.4) is 0 Å². The zero-order valence-corrected chi connectivity index (χ0v) is 22.1. The predicted molar refractivity (Wildman–Crippen MR) is 113 cm³/mol. The molecule has 0 saturated carbocycles. The van der Waals surface area contributed by atoms with Crippen LogP contribution in [0.5, 0.6) is 0 Å². The van der Waals surface area contributed by atoms with Crippen molar-refractivity contribution in [1.82, 2.24) is 6.24 Å². The molecule has 0 spiro atoms. The Morgan fingerprint density at radius 1 is 0.708 bits per heavy atom. The summed E-state index contributed by atoms with van der Waals surface area (Å²) >= 11 is -0.791. The van der Waals surface area contributed by atoms with Gasteiger partial charge in [0.05, 0.1) is 0 Å². The third kappa shape index (κ3) is 3.68. The summed E-state index contributed by atoms with van der Waals surface area (Å²) in [5.41, 5.74) is 0.368. The van der Waals surface area contributed by atoms with Crippen LogP contribution in [0.1, 0.15) is 93.9 Å². The van der Waals surface area contributed by atoms with Crippen LogP contribution in [0.2, 0.25) is 0 Å². The molecule has 2 aliphatic rings. The number of halogens is 2. The van der Waals surface area contributed by atoms with Crippen molar-refractivity contribution >= 4 is 33.6 Å². The SMILES string of the molecule is CC1(C)CCCC(C)(C)[N]1[Sn]([I])([CH2]F)[N]1C(C)(C)CCCC1(C)C. The molecule has 2 fully saturated rings. The summed E-state index contributed by atoms with van der Waals surface area (Å²) in [6, 6.07) is 0. The molecule has 0 radical (unpaired) electrons. The minimum atomic E-state index is -3.46. The Kier molecular flexibility index (Phi) is 6.11. The molecular weight excluding hydrogens is 521 g/mol. The number of alkyl halides is 1. The molecule has 5 heteroatoms. The van der Waals surface area contributed by atoms with E-state index in [1.54, 1.807) is 0 Å². The first-order valence-electron chi connectivity index (χ1n) is 9.57. The molecule has 2 nitrogen and oxygen atoms in total. The van der Waals surface area contributed by atoms with E-state index in [4.69, 9.17) is 0 Å². The Morgan fingerprint density at radius 2 is 0.958 bits per heavy atom. The summed E-state index contributed by atoms with van der Waals surface area (Å²) in [5.74, 6) is 0. The third-order valence-corrected chi connectivity index (χ3v) is 26.6. The number of nitrogens with zero attached hydrogens (tertiary/aromatic N) is 2. The fourth-order valence-electron chi connectivity index (χ4n) is 6.07. The zero-order chi connectivity index (χ0) is 18.6. The Bertz CT molecular complexity index is 406. The van der Waals surface area contributed by atoms with Gasteiger partial charge in [-0.05, 0) is 0 Å². The molecule has 0 atom stereocenters. The van der Waals surface area contributed by atoms with Gasteiger partial charge in [-0.15, -0.1) is 0 Å². The van der Waals surface area contributed by atoms with Gasteiger partial charge in [-0.1, -0.05) is 0 Å². The Labute approximate surface area is 164 Å². The molecule has 24 heavy (non-hydrogen) atoms. The second-order valence-corrected chi connectivity index (χ2v) is 29.5. The van der Waals surface area contributed by atoms with E-state index in [1.165, 1.54) is 38.5 Å². The summed E-state index contributed by atoms with van der Waals surface area (Å²) in [4.78, 5) is 0. The van der Waals surface area contributed by atoms with Crippen molar-refractivity contribution in [3.63, 3.8) is 0 Å². The standard InChI is InChI=1S/2C9H18N.CH2F.HI.Sn/c2*1-8(2)6-5-7-9(3,4)10-8;1-2;;/h2*5-7H2,1-4H3;1H2;1H;/q2*-1;;;+3/p-1. The maximum absolute atomic E-state index is 15.0. The topological polar surface area (TPSA) is 6.48 Å². The number of piperidine rings is 2. The Morgan fingerprint density at radius 3 is 1.17 bits per heavy atom. The van der Waals surface area contributed by atoms with Crippen molar-refractivity contribution in [3.8, 4) is 0 Å². The number of rotatable bonds is 3. The molecule has 142 valence electrons. The Hall–Kier alpha value is 1.38. The molecule has 0 aromatic heterocycles. The monoisotopic (exact) mass is 560 g/mol. The van der Waals surface area contributed by atoms with Crippen LogP contribution in [0.25, 0.3) is 0 Å². The molecule has 0 aromatic rings. The average molecular weight is 559 g/mol. The van der Waals surface area contributed by atoms with Gasteiger partial charge in [0.2, 0.25) is 0 Å².